The second-order valence-corrected chi connectivity index (χ2v) is 1.97. The summed E-state index contributed by atoms with van der Waals surface area (Å²) in [7, 11) is 1.46. The fourth-order valence-corrected chi connectivity index (χ4v) is 0.700. The fraction of sp³-hybridized carbons (Fsp3) is 0.250. The van der Waals surface area contributed by atoms with Gasteiger partial charge in [-0.3, -0.25) is 0 Å². The van der Waals surface area contributed by atoms with Crippen LogP contribution in [0.4, 0.5) is 0 Å². The summed E-state index contributed by atoms with van der Waals surface area (Å²) in [6.07, 6.45) is 0. The van der Waals surface area contributed by atoms with Crippen molar-refractivity contribution in [2.75, 3.05) is 7.11 Å². The molecule has 1 N–H and O–H groups in total. The smallest absolute Gasteiger partial charge is 0.125 e. The molecule has 0 radical (unpaired) electrons. The van der Waals surface area contributed by atoms with E-state index in [0.29, 0.717) is 11.3 Å². The molecular weight excluding hydrogens is 128 g/mol. The van der Waals surface area contributed by atoms with Gasteiger partial charge in [-0.1, -0.05) is 6.04 Å². The Labute approximate surface area is 62.9 Å². The summed E-state index contributed by atoms with van der Waals surface area (Å²) in [5.41, 5.74) is 0.570. The number of phenolic OH excluding ortho intramolecular Hbond substituents is 1. The van der Waals surface area contributed by atoms with E-state index in [4.69, 9.17) is 12.6 Å². The van der Waals surface area contributed by atoms with E-state index in [1.165, 1.54) is 13.2 Å². The van der Waals surface area contributed by atoms with E-state index in [-0.39, 0.29) is 17.8 Å². The summed E-state index contributed by atoms with van der Waals surface area (Å²) >= 11 is 0. The maximum atomic E-state index is 9.15. The summed E-state index contributed by atoms with van der Waals surface area (Å²) in [6.45, 7) is 1.68. The van der Waals surface area contributed by atoms with E-state index in [0.717, 1.165) is 0 Å². The second kappa shape index (κ2) is 2.60. The van der Waals surface area contributed by atoms with E-state index in [2.05, 4.69) is 0 Å². The van der Waals surface area contributed by atoms with Crippen LogP contribution in [-0.2, 0) is 0 Å². The molecule has 2 nitrogen and oxygen atoms in total. The summed E-state index contributed by atoms with van der Waals surface area (Å²) in [6, 6.07) is 1.19. The van der Waals surface area contributed by atoms with Gasteiger partial charge in [-0.15, -0.1) is 0 Å². The lowest BCUT2D eigenvalue weighted by atomic mass is 10.2. The molecule has 0 atom stereocenters. The van der Waals surface area contributed by atoms with Crippen LogP contribution in [0.1, 0.15) is 8.30 Å². The Bertz CT molecular complexity index is 310. The zero-order valence-corrected chi connectivity index (χ0v) is 5.93. The first-order chi connectivity index (χ1) is 5.57. The molecule has 1 aromatic carbocycles. The average molecular weight is 140 g/mol. The van der Waals surface area contributed by atoms with Crippen molar-refractivity contribution in [2.45, 2.75) is 6.92 Å². The third-order valence-corrected chi connectivity index (χ3v) is 1.24. The Balaban J connectivity index is 3.39. The lowest BCUT2D eigenvalue weighted by Gasteiger charge is -2.02. The largest absolute Gasteiger partial charge is 0.508 e. The minimum Gasteiger partial charge on any atom is -0.508 e. The van der Waals surface area contributed by atoms with Gasteiger partial charge in [0, 0.05) is 6.07 Å². The van der Waals surface area contributed by atoms with E-state index in [1.807, 2.05) is 0 Å². The number of methoxy groups -OCH3 is 1. The Hall–Kier alpha value is -1.18. The number of aromatic hydroxyl groups is 1. The molecule has 54 valence electrons. The molecule has 0 unspecified atom stereocenters. The van der Waals surface area contributed by atoms with Crippen molar-refractivity contribution in [3.8, 4) is 11.5 Å². The third-order valence-electron chi connectivity index (χ3n) is 1.24. The molecule has 1 aromatic rings. The van der Waals surface area contributed by atoms with Crippen molar-refractivity contribution in [1.82, 2.24) is 0 Å². The molecule has 0 bridgehead atoms. The Morgan fingerprint density at radius 2 is 2.30 bits per heavy atom. The van der Waals surface area contributed by atoms with Gasteiger partial charge in [0.25, 0.3) is 0 Å². The molecule has 0 fully saturated rings. The van der Waals surface area contributed by atoms with Gasteiger partial charge in [0.1, 0.15) is 11.5 Å². The van der Waals surface area contributed by atoms with Crippen molar-refractivity contribution in [1.29, 1.82) is 0 Å². The fourth-order valence-electron chi connectivity index (χ4n) is 0.700. The molecule has 0 saturated carbocycles. The van der Waals surface area contributed by atoms with E-state index < -0.39 is 0 Å². The number of ether oxygens (including phenoxy) is 1. The Morgan fingerprint density at radius 3 is 2.90 bits per heavy atom. The van der Waals surface area contributed by atoms with Gasteiger partial charge in [-0.05, 0) is 18.5 Å². The highest BCUT2D eigenvalue weighted by atomic mass is 16.5. The molecule has 0 spiro atoms. The molecule has 10 heavy (non-hydrogen) atoms. The van der Waals surface area contributed by atoms with Crippen LogP contribution < -0.4 is 4.74 Å². The zero-order valence-electron chi connectivity index (χ0n) is 7.93. The van der Waals surface area contributed by atoms with Crippen LogP contribution in [0.3, 0.4) is 0 Å². The van der Waals surface area contributed by atoms with Crippen LogP contribution in [0.2, 0.25) is 0 Å². The average Bonchev–Trinajstić information content (AvgIpc) is 2.08. The van der Waals surface area contributed by atoms with Crippen LogP contribution in [0.15, 0.2) is 18.2 Å². The molecule has 0 amide bonds. The number of phenols is 1. The van der Waals surface area contributed by atoms with Gasteiger partial charge in [0.2, 0.25) is 0 Å². The highest BCUT2D eigenvalue weighted by Crippen LogP contribution is 2.22. The van der Waals surface area contributed by atoms with Gasteiger partial charge in [-0.2, -0.15) is 0 Å². The van der Waals surface area contributed by atoms with Crippen LogP contribution in [0.25, 0.3) is 0 Å². The predicted molar refractivity (Wildman–Crippen MR) is 39.4 cm³/mol. The minimum atomic E-state index is -0.220. The maximum Gasteiger partial charge on any atom is 0.125 e. The van der Waals surface area contributed by atoms with E-state index >= 15 is 0 Å². The summed E-state index contributed by atoms with van der Waals surface area (Å²) in [5, 5.41) is 9.15. The molecule has 2 heteroatoms. The molecular formula is C8H10O2. The highest BCUT2D eigenvalue weighted by molar-refractivity contribution is 5.38. The van der Waals surface area contributed by atoms with Crippen LogP contribution >= 0.6 is 0 Å². The van der Waals surface area contributed by atoms with Gasteiger partial charge >= 0.3 is 0 Å². The van der Waals surface area contributed by atoms with Crippen LogP contribution in [0, 0.1) is 6.92 Å². The van der Waals surface area contributed by atoms with Crippen molar-refractivity contribution in [3.63, 3.8) is 0 Å². The first-order valence-corrected chi connectivity index (χ1v) is 2.91. The molecule has 0 heterocycles. The first kappa shape index (κ1) is 4.61. The lowest BCUT2D eigenvalue weighted by molar-refractivity contribution is 0.404. The minimum absolute atomic E-state index is 0.00634. The maximum absolute atomic E-state index is 9.15. The highest BCUT2D eigenvalue weighted by Gasteiger charge is 1.96. The molecule has 0 saturated heterocycles. The van der Waals surface area contributed by atoms with Gasteiger partial charge in [0.05, 0.1) is 9.85 Å². The summed E-state index contributed by atoms with van der Waals surface area (Å²) in [4.78, 5) is 0. The lowest BCUT2D eigenvalue weighted by Crippen LogP contribution is -1.85. The van der Waals surface area contributed by atoms with Gasteiger partial charge in [0.15, 0.2) is 0 Å². The SMILES string of the molecule is [2H]c1c(O)cc(OC)c(C)c1[2H]. The molecule has 1 rings (SSSR count). The molecule has 0 aromatic heterocycles. The quantitative estimate of drug-likeness (QED) is 0.643. The van der Waals surface area contributed by atoms with Crippen molar-refractivity contribution in [3.05, 3.63) is 23.7 Å². The number of hydrogen-bond acceptors (Lipinski definition) is 2. The summed E-state index contributed by atoms with van der Waals surface area (Å²) in [5.74, 6) is 0.218. The van der Waals surface area contributed by atoms with E-state index in [1.54, 1.807) is 6.92 Å². The van der Waals surface area contributed by atoms with Crippen molar-refractivity contribution < 1.29 is 12.6 Å². The van der Waals surface area contributed by atoms with Gasteiger partial charge < -0.3 is 9.84 Å². The standard InChI is InChI=1S/C8H10O2/c1-6-3-4-7(9)5-8(6)10-2/h3-5,9H,1-2H3/i3D,4D. The van der Waals surface area contributed by atoms with Crippen LogP contribution in [0.5, 0.6) is 11.5 Å². The van der Waals surface area contributed by atoms with E-state index in [9.17, 15) is 0 Å². The van der Waals surface area contributed by atoms with Crippen molar-refractivity contribution >= 4 is 0 Å². The van der Waals surface area contributed by atoms with Crippen molar-refractivity contribution in [2.24, 2.45) is 0 Å². The Morgan fingerprint density at radius 1 is 1.60 bits per heavy atom. The topological polar surface area (TPSA) is 29.5 Å². The van der Waals surface area contributed by atoms with Gasteiger partial charge in [-0.25, -0.2) is 0 Å². The zero-order chi connectivity index (χ0) is 9.30. The normalized spacial score (nSPS) is 12.2. The first-order valence-electron chi connectivity index (χ1n) is 3.91. The number of rotatable bonds is 1. The number of hydrogen-bond donors (Lipinski definition) is 1. The summed E-state index contributed by atoms with van der Waals surface area (Å²) < 4.78 is 19.6. The number of benzene rings is 1. The molecule has 0 aliphatic heterocycles. The molecule has 0 aliphatic carbocycles. The predicted octanol–water partition coefficient (Wildman–Crippen LogP) is 1.71. The van der Waals surface area contributed by atoms with Crippen LogP contribution in [-0.4, -0.2) is 12.2 Å². The molecule has 0 aliphatic rings. The third kappa shape index (κ3) is 1.21. The monoisotopic (exact) mass is 140 g/mol. The second-order valence-electron chi connectivity index (χ2n) is 1.97. The Kier molecular flexibility index (Phi) is 1.20.